The maximum Gasteiger partial charge on any atom is 0.338 e. The lowest BCUT2D eigenvalue weighted by molar-refractivity contribution is 0.0466. The molecule has 0 fully saturated rings. The van der Waals surface area contributed by atoms with Gasteiger partial charge in [0.05, 0.1) is 5.56 Å². The highest BCUT2D eigenvalue weighted by Crippen LogP contribution is 2.10. The van der Waals surface area contributed by atoms with Crippen molar-refractivity contribution in [3.8, 4) is 5.75 Å². The van der Waals surface area contributed by atoms with Gasteiger partial charge in [-0.15, -0.1) is 12.4 Å². The Hall–Kier alpha value is -1.26. The van der Waals surface area contributed by atoms with E-state index in [0.717, 1.165) is 19.6 Å². The number of hydrogen-bond acceptors (Lipinski definition) is 4. The van der Waals surface area contributed by atoms with E-state index >= 15 is 0 Å². The molecule has 0 unspecified atom stereocenters. The number of carbonyl (C=O) groups is 1. The van der Waals surface area contributed by atoms with Gasteiger partial charge in [0.2, 0.25) is 0 Å². The van der Waals surface area contributed by atoms with Crippen molar-refractivity contribution in [2.75, 3.05) is 26.2 Å². The lowest BCUT2D eigenvalue weighted by Gasteiger charge is -2.17. The standard InChI is InChI=1S/C13H19NO3.ClH/c1-3-14(4-2)9-10-17-13(16)11-5-7-12(15)8-6-11;/h5-8,15H,3-4,9-10H2,1-2H3;1H. The van der Waals surface area contributed by atoms with Gasteiger partial charge in [0, 0.05) is 6.54 Å². The van der Waals surface area contributed by atoms with Gasteiger partial charge >= 0.3 is 5.97 Å². The van der Waals surface area contributed by atoms with E-state index in [9.17, 15) is 4.79 Å². The Morgan fingerprint density at radius 2 is 1.78 bits per heavy atom. The predicted molar refractivity (Wildman–Crippen MR) is 73.4 cm³/mol. The number of benzene rings is 1. The summed E-state index contributed by atoms with van der Waals surface area (Å²) < 4.78 is 5.14. The van der Waals surface area contributed by atoms with Crippen LogP contribution in [0.15, 0.2) is 24.3 Å². The monoisotopic (exact) mass is 273 g/mol. The minimum absolute atomic E-state index is 0. The molecule has 1 rings (SSSR count). The van der Waals surface area contributed by atoms with Crippen LogP contribution in [0.2, 0.25) is 0 Å². The van der Waals surface area contributed by atoms with Crippen LogP contribution in [0, 0.1) is 0 Å². The highest BCUT2D eigenvalue weighted by molar-refractivity contribution is 5.89. The van der Waals surface area contributed by atoms with E-state index in [1.54, 1.807) is 12.1 Å². The molecular formula is C13H20ClNO3. The summed E-state index contributed by atoms with van der Waals surface area (Å²) in [6, 6.07) is 6.05. The number of phenols is 1. The zero-order valence-corrected chi connectivity index (χ0v) is 11.6. The number of halogens is 1. The molecule has 0 aliphatic carbocycles. The van der Waals surface area contributed by atoms with Crippen molar-refractivity contribution in [3.05, 3.63) is 29.8 Å². The normalized spacial score (nSPS) is 9.94. The first-order valence-electron chi connectivity index (χ1n) is 5.85. The van der Waals surface area contributed by atoms with Crippen LogP contribution in [-0.2, 0) is 4.74 Å². The number of hydrogen-bond donors (Lipinski definition) is 1. The molecule has 0 saturated heterocycles. The summed E-state index contributed by atoms with van der Waals surface area (Å²) >= 11 is 0. The van der Waals surface area contributed by atoms with Crippen molar-refractivity contribution < 1.29 is 14.6 Å². The molecule has 18 heavy (non-hydrogen) atoms. The molecule has 0 amide bonds. The van der Waals surface area contributed by atoms with Gasteiger partial charge < -0.3 is 14.7 Å². The summed E-state index contributed by atoms with van der Waals surface area (Å²) in [6.07, 6.45) is 0. The average molecular weight is 274 g/mol. The molecule has 4 nitrogen and oxygen atoms in total. The van der Waals surface area contributed by atoms with Gasteiger partial charge in [-0.2, -0.15) is 0 Å². The summed E-state index contributed by atoms with van der Waals surface area (Å²) in [4.78, 5) is 13.8. The first kappa shape index (κ1) is 16.7. The van der Waals surface area contributed by atoms with Crippen LogP contribution >= 0.6 is 12.4 Å². The Labute approximate surface area is 114 Å². The highest BCUT2D eigenvalue weighted by Gasteiger charge is 2.07. The second-order valence-electron chi connectivity index (χ2n) is 3.71. The van der Waals surface area contributed by atoms with Crippen LogP contribution in [0.1, 0.15) is 24.2 Å². The van der Waals surface area contributed by atoms with Crippen molar-refractivity contribution in [3.63, 3.8) is 0 Å². The number of aromatic hydroxyl groups is 1. The molecule has 0 aliphatic rings. The van der Waals surface area contributed by atoms with Crippen LogP contribution in [0.25, 0.3) is 0 Å². The molecule has 0 aromatic heterocycles. The number of esters is 1. The van der Waals surface area contributed by atoms with Crippen molar-refractivity contribution in [2.24, 2.45) is 0 Å². The van der Waals surface area contributed by atoms with E-state index in [1.807, 2.05) is 0 Å². The van der Waals surface area contributed by atoms with Gasteiger partial charge in [-0.3, -0.25) is 0 Å². The Morgan fingerprint density at radius 1 is 1.22 bits per heavy atom. The Balaban J connectivity index is 0.00000289. The Kier molecular flexibility index (Phi) is 8.16. The summed E-state index contributed by atoms with van der Waals surface area (Å²) in [5.41, 5.74) is 0.461. The Bertz CT molecular complexity index is 350. The zero-order chi connectivity index (χ0) is 12.7. The van der Waals surface area contributed by atoms with Crippen molar-refractivity contribution in [1.82, 2.24) is 4.90 Å². The van der Waals surface area contributed by atoms with Gasteiger partial charge in [-0.25, -0.2) is 4.79 Å². The molecule has 0 atom stereocenters. The fourth-order valence-corrected chi connectivity index (χ4v) is 1.49. The second kappa shape index (κ2) is 8.78. The third-order valence-corrected chi connectivity index (χ3v) is 2.64. The van der Waals surface area contributed by atoms with Crippen molar-refractivity contribution in [1.29, 1.82) is 0 Å². The number of likely N-dealkylation sites (N-methyl/N-ethyl adjacent to an activating group) is 1. The topological polar surface area (TPSA) is 49.8 Å². The minimum atomic E-state index is -0.350. The molecule has 0 heterocycles. The van der Waals surface area contributed by atoms with E-state index < -0.39 is 0 Å². The molecule has 1 N–H and O–H groups in total. The van der Waals surface area contributed by atoms with Crippen LogP contribution in [0.3, 0.4) is 0 Å². The van der Waals surface area contributed by atoms with E-state index in [0.29, 0.717) is 12.2 Å². The van der Waals surface area contributed by atoms with E-state index in [4.69, 9.17) is 9.84 Å². The number of ether oxygens (including phenoxy) is 1. The van der Waals surface area contributed by atoms with E-state index in [-0.39, 0.29) is 24.1 Å². The number of carbonyl (C=O) groups excluding carboxylic acids is 1. The van der Waals surface area contributed by atoms with Crippen LogP contribution in [0.5, 0.6) is 5.75 Å². The molecule has 5 heteroatoms. The molecule has 102 valence electrons. The highest BCUT2D eigenvalue weighted by atomic mass is 35.5. The van der Waals surface area contributed by atoms with Gasteiger partial charge in [0.15, 0.2) is 0 Å². The van der Waals surface area contributed by atoms with E-state index in [1.165, 1.54) is 12.1 Å². The third-order valence-electron chi connectivity index (χ3n) is 2.64. The zero-order valence-electron chi connectivity index (χ0n) is 10.8. The van der Waals surface area contributed by atoms with Gasteiger partial charge in [-0.05, 0) is 37.4 Å². The van der Waals surface area contributed by atoms with Gasteiger partial charge in [0.1, 0.15) is 12.4 Å². The summed E-state index contributed by atoms with van der Waals surface area (Å²) in [6.45, 7) is 7.19. The quantitative estimate of drug-likeness (QED) is 0.808. The number of rotatable bonds is 6. The third kappa shape index (κ3) is 5.38. The Morgan fingerprint density at radius 3 is 2.28 bits per heavy atom. The molecular weight excluding hydrogens is 254 g/mol. The van der Waals surface area contributed by atoms with Crippen molar-refractivity contribution in [2.45, 2.75) is 13.8 Å². The molecule has 0 aliphatic heterocycles. The first-order chi connectivity index (χ1) is 8.17. The summed E-state index contributed by atoms with van der Waals surface area (Å²) in [5, 5.41) is 9.09. The minimum Gasteiger partial charge on any atom is -0.508 e. The average Bonchev–Trinajstić information content (AvgIpc) is 2.35. The van der Waals surface area contributed by atoms with Gasteiger partial charge in [0.25, 0.3) is 0 Å². The lowest BCUT2D eigenvalue weighted by atomic mass is 10.2. The maximum atomic E-state index is 11.6. The largest absolute Gasteiger partial charge is 0.508 e. The lowest BCUT2D eigenvalue weighted by Crippen LogP contribution is -2.27. The molecule has 1 aromatic carbocycles. The smallest absolute Gasteiger partial charge is 0.338 e. The van der Waals surface area contributed by atoms with Gasteiger partial charge in [-0.1, -0.05) is 13.8 Å². The fraction of sp³-hybridized carbons (Fsp3) is 0.462. The summed E-state index contributed by atoms with van der Waals surface area (Å²) in [5.74, 6) is -0.207. The second-order valence-corrected chi connectivity index (χ2v) is 3.71. The summed E-state index contributed by atoms with van der Waals surface area (Å²) in [7, 11) is 0. The van der Waals surface area contributed by atoms with Crippen LogP contribution < -0.4 is 0 Å². The van der Waals surface area contributed by atoms with Crippen LogP contribution in [-0.4, -0.2) is 42.2 Å². The maximum absolute atomic E-state index is 11.6. The molecule has 0 saturated carbocycles. The SMILES string of the molecule is CCN(CC)CCOC(=O)c1ccc(O)cc1.Cl. The predicted octanol–water partition coefficient (Wildman–Crippen LogP) is 2.31. The molecule has 0 radical (unpaired) electrons. The van der Waals surface area contributed by atoms with Crippen LogP contribution in [0.4, 0.5) is 0 Å². The first-order valence-corrected chi connectivity index (χ1v) is 5.85. The van der Waals surface area contributed by atoms with E-state index in [2.05, 4.69) is 18.7 Å². The fourth-order valence-electron chi connectivity index (χ4n) is 1.49. The number of phenolic OH excluding ortho intramolecular Hbond substituents is 1. The molecule has 1 aromatic rings. The number of nitrogens with zero attached hydrogens (tertiary/aromatic N) is 1. The molecule has 0 spiro atoms. The molecule has 0 bridgehead atoms. The van der Waals surface area contributed by atoms with Crippen molar-refractivity contribution >= 4 is 18.4 Å².